The van der Waals surface area contributed by atoms with E-state index in [0.717, 1.165) is 19.1 Å². The molecule has 3 nitrogen and oxygen atoms in total. The Kier molecular flexibility index (Phi) is 4.64. The molecule has 1 aromatic heterocycles. The van der Waals surface area contributed by atoms with E-state index >= 15 is 0 Å². The number of esters is 1. The minimum Gasteiger partial charge on any atom is -0.465 e. The second kappa shape index (κ2) is 5.66. The topological polar surface area (TPSA) is 31.2 Å². The highest BCUT2D eigenvalue weighted by Crippen LogP contribution is 2.35. The maximum atomic E-state index is 11.8. The molecule has 0 N–H and O–H groups in total. The van der Waals surface area contributed by atoms with Gasteiger partial charge in [-0.1, -0.05) is 15.9 Å². The lowest BCUT2D eigenvalue weighted by Gasteiger charge is -2.06. The molecule has 0 bridgehead atoms. The number of hydrogen-bond donors (Lipinski definition) is 0. The summed E-state index contributed by atoms with van der Waals surface area (Å²) in [6, 6.07) is 5.68. The Morgan fingerprint density at radius 1 is 1.53 bits per heavy atom. The Morgan fingerprint density at radius 2 is 2.24 bits per heavy atom. The summed E-state index contributed by atoms with van der Waals surface area (Å²) in [4.78, 5) is 11.8. The summed E-state index contributed by atoms with van der Waals surface area (Å²) in [6.45, 7) is 0. The van der Waals surface area contributed by atoms with Gasteiger partial charge < -0.3 is 4.74 Å². The fraction of sp³-hybridized carbons (Fsp3) is 0.100. The number of methoxy groups -OCH3 is 1. The lowest BCUT2D eigenvalue weighted by molar-refractivity contribution is 0.0602. The molecule has 7 heteroatoms. The van der Waals surface area contributed by atoms with E-state index in [2.05, 4.69) is 59.7 Å². The van der Waals surface area contributed by atoms with Crippen LogP contribution >= 0.6 is 68.8 Å². The molecule has 0 aliphatic rings. The van der Waals surface area contributed by atoms with Gasteiger partial charge in [0.25, 0.3) is 0 Å². The number of rotatable bonds is 2. The van der Waals surface area contributed by atoms with E-state index in [4.69, 9.17) is 4.74 Å². The quantitative estimate of drug-likeness (QED) is 0.413. The minimum atomic E-state index is -0.316. The van der Waals surface area contributed by atoms with Crippen molar-refractivity contribution in [3.8, 4) is 0 Å². The smallest absolute Gasteiger partial charge is 0.340 e. The SMILES string of the molecule is COC(=O)c1ccc(Br)c2cc(I)n(SI)c12. The molecule has 0 radical (unpaired) electrons. The van der Waals surface area contributed by atoms with Gasteiger partial charge in [0.15, 0.2) is 0 Å². The first-order valence-electron chi connectivity index (χ1n) is 4.47. The summed E-state index contributed by atoms with van der Waals surface area (Å²) in [7, 11) is 2.93. The van der Waals surface area contributed by atoms with Crippen LogP contribution < -0.4 is 0 Å². The van der Waals surface area contributed by atoms with Crippen molar-refractivity contribution in [1.82, 2.24) is 3.97 Å². The molecule has 0 fully saturated rings. The normalized spacial score (nSPS) is 10.8. The summed E-state index contributed by atoms with van der Waals surface area (Å²) in [5.41, 5.74) is 1.47. The number of fused-ring (bicyclic) bond motifs is 1. The van der Waals surface area contributed by atoms with E-state index in [1.165, 1.54) is 16.2 Å². The van der Waals surface area contributed by atoms with Crippen LogP contribution in [0.1, 0.15) is 10.4 Å². The molecular formula is C10H6BrI2NO2S. The van der Waals surface area contributed by atoms with E-state index in [0.29, 0.717) is 5.56 Å². The third-order valence-corrected chi connectivity index (χ3v) is 5.81. The Hall–Kier alpha value is 0.520. The number of ether oxygens (including phenoxy) is 1. The highest BCUT2D eigenvalue weighted by molar-refractivity contribution is 14.2. The molecule has 0 saturated carbocycles. The van der Waals surface area contributed by atoms with Crippen molar-refractivity contribution in [2.45, 2.75) is 0 Å². The number of carbonyl (C=O) groups is 1. The van der Waals surface area contributed by atoms with Crippen LogP contribution in [0.2, 0.25) is 0 Å². The van der Waals surface area contributed by atoms with Gasteiger partial charge in [0.2, 0.25) is 0 Å². The molecule has 1 heterocycles. The fourth-order valence-electron chi connectivity index (χ4n) is 1.57. The second-order valence-electron chi connectivity index (χ2n) is 3.18. The highest BCUT2D eigenvalue weighted by atomic mass is 127. The van der Waals surface area contributed by atoms with Crippen molar-refractivity contribution in [3.63, 3.8) is 0 Å². The largest absolute Gasteiger partial charge is 0.465 e. The van der Waals surface area contributed by atoms with Gasteiger partial charge in [0.1, 0.15) is 0 Å². The molecule has 0 spiro atoms. The molecule has 0 saturated heterocycles. The van der Waals surface area contributed by atoms with E-state index < -0.39 is 0 Å². The Bertz CT molecular complexity index is 599. The monoisotopic (exact) mass is 537 g/mol. The van der Waals surface area contributed by atoms with Gasteiger partial charge in [0, 0.05) is 40.2 Å². The number of carbonyl (C=O) groups excluding carboxylic acids is 1. The first-order valence-corrected chi connectivity index (χ1v) is 9.65. The first-order chi connectivity index (χ1) is 8.10. The highest BCUT2D eigenvalue weighted by Gasteiger charge is 2.18. The Labute approximate surface area is 137 Å². The zero-order valence-corrected chi connectivity index (χ0v) is 15.3. The molecular weight excluding hydrogens is 532 g/mol. The molecule has 17 heavy (non-hydrogen) atoms. The number of hydrogen-bond acceptors (Lipinski definition) is 3. The van der Waals surface area contributed by atoms with Crippen molar-refractivity contribution in [2.75, 3.05) is 7.11 Å². The number of nitrogens with zero attached hydrogens (tertiary/aromatic N) is 1. The molecule has 2 rings (SSSR count). The van der Waals surface area contributed by atoms with E-state index in [1.54, 1.807) is 6.07 Å². The molecule has 0 aliphatic heterocycles. The van der Waals surface area contributed by atoms with Gasteiger partial charge in [-0.3, -0.25) is 3.97 Å². The lowest BCUT2D eigenvalue weighted by Crippen LogP contribution is -2.03. The van der Waals surface area contributed by atoms with E-state index in [9.17, 15) is 4.79 Å². The fourth-order valence-corrected chi connectivity index (χ4v) is 5.59. The van der Waals surface area contributed by atoms with Crippen LogP contribution in [0.25, 0.3) is 10.9 Å². The van der Waals surface area contributed by atoms with Crippen molar-refractivity contribution in [2.24, 2.45) is 0 Å². The zero-order chi connectivity index (χ0) is 12.6. The van der Waals surface area contributed by atoms with Gasteiger partial charge in [-0.05, 0) is 40.8 Å². The van der Waals surface area contributed by atoms with Crippen LogP contribution in [-0.4, -0.2) is 17.1 Å². The Balaban J connectivity index is 2.86. The van der Waals surface area contributed by atoms with Crippen molar-refractivity contribution >= 4 is 85.7 Å². The molecule has 90 valence electrons. The third-order valence-electron chi connectivity index (χ3n) is 2.30. The number of halogens is 3. The zero-order valence-electron chi connectivity index (χ0n) is 8.54. The van der Waals surface area contributed by atoms with E-state index in [1.807, 2.05) is 16.1 Å². The predicted molar refractivity (Wildman–Crippen MR) is 90.7 cm³/mol. The lowest BCUT2D eigenvalue weighted by atomic mass is 10.1. The molecule has 1 aromatic carbocycles. The van der Waals surface area contributed by atoms with Crippen molar-refractivity contribution < 1.29 is 9.53 Å². The standard InChI is InChI=1S/C10H6BrI2NO2S/c1-16-10(15)5-2-3-7(11)6-4-8(12)14(17-13)9(5)6/h2-4H,1H3. The minimum absolute atomic E-state index is 0.316. The number of aromatic nitrogens is 1. The van der Waals surface area contributed by atoms with Gasteiger partial charge in [0.05, 0.1) is 21.9 Å². The molecule has 2 aromatic rings. The van der Waals surface area contributed by atoms with Gasteiger partial charge in [-0.15, -0.1) is 0 Å². The first kappa shape index (κ1) is 13.9. The molecule has 0 amide bonds. The maximum Gasteiger partial charge on any atom is 0.340 e. The van der Waals surface area contributed by atoms with Crippen LogP contribution in [0, 0.1) is 3.70 Å². The summed E-state index contributed by atoms with van der Waals surface area (Å²) in [5.74, 6) is -0.316. The average molecular weight is 538 g/mol. The van der Waals surface area contributed by atoms with Crippen LogP contribution in [0.15, 0.2) is 22.7 Å². The average Bonchev–Trinajstić information content (AvgIpc) is 2.66. The summed E-state index contributed by atoms with van der Waals surface area (Å²) in [6.07, 6.45) is 0. The maximum absolute atomic E-state index is 11.8. The predicted octanol–water partition coefficient (Wildman–Crippen LogP) is 4.64. The van der Waals surface area contributed by atoms with Gasteiger partial charge >= 0.3 is 5.97 Å². The third kappa shape index (κ3) is 2.47. The van der Waals surface area contributed by atoms with Gasteiger partial charge in [-0.2, -0.15) is 0 Å². The van der Waals surface area contributed by atoms with Crippen LogP contribution in [0.5, 0.6) is 0 Å². The van der Waals surface area contributed by atoms with E-state index in [-0.39, 0.29) is 5.97 Å². The summed E-state index contributed by atoms with van der Waals surface area (Å²) in [5, 5.41) is 1.02. The summed E-state index contributed by atoms with van der Waals surface area (Å²) >= 11 is 7.94. The second-order valence-corrected chi connectivity index (χ2v) is 6.82. The van der Waals surface area contributed by atoms with Crippen molar-refractivity contribution in [1.29, 1.82) is 0 Å². The summed E-state index contributed by atoms with van der Waals surface area (Å²) < 4.78 is 8.86. The molecule has 0 atom stereocenters. The van der Waals surface area contributed by atoms with Crippen molar-refractivity contribution in [3.05, 3.63) is 31.9 Å². The van der Waals surface area contributed by atoms with Crippen LogP contribution in [-0.2, 0) is 4.74 Å². The number of benzene rings is 1. The molecule has 0 unspecified atom stereocenters. The molecule has 0 aliphatic carbocycles. The van der Waals surface area contributed by atoms with Crippen LogP contribution in [0.3, 0.4) is 0 Å². The van der Waals surface area contributed by atoms with Gasteiger partial charge in [-0.25, -0.2) is 4.79 Å². The Morgan fingerprint density at radius 3 is 2.82 bits per heavy atom. The van der Waals surface area contributed by atoms with Crippen LogP contribution in [0.4, 0.5) is 0 Å².